The molecule has 3 N–H and O–H groups in total. The van der Waals surface area contributed by atoms with E-state index in [0.717, 1.165) is 31.7 Å². The Kier molecular flexibility index (Phi) is 5.65. The maximum absolute atomic E-state index is 13.4. The third-order valence-electron chi connectivity index (χ3n) is 3.82. The molecule has 0 aliphatic heterocycles. The van der Waals surface area contributed by atoms with Crippen molar-refractivity contribution in [2.45, 2.75) is 48.4 Å². The molecule has 118 valence electrons. The van der Waals surface area contributed by atoms with Gasteiger partial charge in [-0.05, 0) is 43.2 Å². The van der Waals surface area contributed by atoms with Gasteiger partial charge in [-0.15, -0.1) is 0 Å². The van der Waals surface area contributed by atoms with E-state index in [-0.39, 0.29) is 17.5 Å². The van der Waals surface area contributed by atoms with Crippen molar-refractivity contribution in [3.63, 3.8) is 0 Å². The molecule has 0 spiro atoms. The molecular formula is C14H21FN2O2S2. The summed E-state index contributed by atoms with van der Waals surface area (Å²) in [5.41, 5.74) is 5.99. The molecule has 2 unspecified atom stereocenters. The highest BCUT2D eigenvalue weighted by Crippen LogP contribution is 2.28. The lowest BCUT2D eigenvalue weighted by Crippen LogP contribution is -2.39. The Morgan fingerprint density at radius 3 is 2.86 bits per heavy atom. The largest absolute Gasteiger partial charge is 0.326 e. The van der Waals surface area contributed by atoms with Gasteiger partial charge in [-0.2, -0.15) is 11.8 Å². The SMILES string of the molecule is CSC1CCCC(NS(=O)(=O)c2cc(F)ccc2CN)C1. The van der Waals surface area contributed by atoms with Crippen molar-refractivity contribution in [3.8, 4) is 0 Å². The number of hydrogen-bond acceptors (Lipinski definition) is 4. The molecule has 0 amide bonds. The van der Waals surface area contributed by atoms with E-state index in [1.807, 2.05) is 6.26 Å². The second-order valence-corrected chi connectivity index (χ2v) is 8.12. The molecule has 2 rings (SSSR count). The Balaban J connectivity index is 2.20. The molecule has 0 heterocycles. The summed E-state index contributed by atoms with van der Waals surface area (Å²) in [6.45, 7) is 0.0641. The Hall–Kier alpha value is -0.630. The van der Waals surface area contributed by atoms with Gasteiger partial charge in [0.2, 0.25) is 10.0 Å². The van der Waals surface area contributed by atoms with Crippen LogP contribution in [-0.4, -0.2) is 26.0 Å². The Labute approximate surface area is 129 Å². The standard InChI is InChI=1S/C14H21FN2O2S2/c1-20-13-4-2-3-12(8-13)17-21(18,19)14-7-11(15)6-5-10(14)9-16/h5-7,12-13,17H,2-4,8-9,16H2,1H3. The first kappa shape index (κ1) is 16.7. The number of rotatable bonds is 5. The highest BCUT2D eigenvalue weighted by Gasteiger charge is 2.27. The highest BCUT2D eigenvalue weighted by molar-refractivity contribution is 7.99. The van der Waals surface area contributed by atoms with Crippen molar-refractivity contribution in [1.29, 1.82) is 0 Å². The van der Waals surface area contributed by atoms with Crippen LogP contribution >= 0.6 is 11.8 Å². The summed E-state index contributed by atoms with van der Waals surface area (Å²) in [6.07, 6.45) is 5.80. The van der Waals surface area contributed by atoms with E-state index in [1.165, 1.54) is 12.1 Å². The minimum Gasteiger partial charge on any atom is -0.326 e. The molecule has 1 aromatic rings. The summed E-state index contributed by atoms with van der Waals surface area (Å²) >= 11 is 1.77. The van der Waals surface area contributed by atoms with Gasteiger partial charge in [0.05, 0.1) is 4.90 Å². The van der Waals surface area contributed by atoms with Crippen LogP contribution in [0.5, 0.6) is 0 Å². The van der Waals surface area contributed by atoms with Gasteiger partial charge >= 0.3 is 0 Å². The maximum Gasteiger partial charge on any atom is 0.241 e. The summed E-state index contributed by atoms with van der Waals surface area (Å²) < 4.78 is 41.1. The van der Waals surface area contributed by atoms with Crippen LogP contribution in [0.1, 0.15) is 31.2 Å². The third kappa shape index (κ3) is 4.18. The topological polar surface area (TPSA) is 72.2 Å². The molecule has 4 nitrogen and oxygen atoms in total. The fourth-order valence-corrected chi connectivity index (χ4v) is 5.07. The lowest BCUT2D eigenvalue weighted by molar-refractivity contribution is 0.420. The van der Waals surface area contributed by atoms with Gasteiger partial charge in [0.1, 0.15) is 5.82 Å². The molecule has 1 aromatic carbocycles. The summed E-state index contributed by atoms with van der Waals surface area (Å²) in [5, 5.41) is 0.480. The van der Waals surface area contributed by atoms with Gasteiger partial charge in [-0.25, -0.2) is 17.5 Å². The van der Waals surface area contributed by atoms with Gasteiger partial charge in [-0.1, -0.05) is 12.5 Å². The van der Waals surface area contributed by atoms with E-state index in [0.29, 0.717) is 10.8 Å². The number of thioether (sulfide) groups is 1. The minimum atomic E-state index is -3.74. The van der Waals surface area contributed by atoms with Crippen molar-refractivity contribution in [1.82, 2.24) is 4.72 Å². The number of nitrogens with one attached hydrogen (secondary N) is 1. The van der Waals surface area contributed by atoms with E-state index in [1.54, 1.807) is 11.8 Å². The Bertz CT molecular complexity index is 593. The minimum absolute atomic E-state index is 0.0451. The molecule has 1 saturated carbocycles. The van der Waals surface area contributed by atoms with Crippen LogP contribution in [0.4, 0.5) is 4.39 Å². The molecule has 0 radical (unpaired) electrons. The molecule has 0 bridgehead atoms. The van der Waals surface area contributed by atoms with Crippen LogP contribution in [0.15, 0.2) is 23.1 Å². The summed E-state index contributed by atoms with van der Waals surface area (Å²) in [7, 11) is -3.74. The average molecular weight is 332 g/mol. The van der Waals surface area contributed by atoms with Gasteiger partial charge in [0, 0.05) is 17.8 Å². The van der Waals surface area contributed by atoms with E-state index >= 15 is 0 Å². The number of hydrogen-bond donors (Lipinski definition) is 2. The van der Waals surface area contributed by atoms with Gasteiger partial charge < -0.3 is 5.73 Å². The normalized spacial score (nSPS) is 23.2. The van der Waals surface area contributed by atoms with Gasteiger partial charge in [-0.3, -0.25) is 0 Å². The predicted octanol–water partition coefficient (Wildman–Crippen LogP) is 2.24. The lowest BCUT2D eigenvalue weighted by Gasteiger charge is -2.28. The molecule has 0 saturated heterocycles. The number of halogens is 1. The van der Waals surface area contributed by atoms with Crippen LogP contribution in [0.3, 0.4) is 0 Å². The van der Waals surface area contributed by atoms with E-state index < -0.39 is 15.8 Å². The summed E-state index contributed by atoms with van der Waals surface area (Å²) in [5.74, 6) is -0.571. The van der Waals surface area contributed by atoms with Crippen LogP contribution in [0.25, 0.3) is 0 Å². The zero-order valence-electron chi connectivity index (χ0n) is 12.0. The van der Waals surface area contributed by atoms with E-state index in [4.69, 9.17) is 5.73 Å². The average Bonchev–Trinajstić information content (AvgIpc) is 2.47. The fourth-order valence-electron chi connectivity index (χ4n) is 2.70. The first-order chi connectivity index (χ1) is 9.96. The van der Waals surface area contributed by atoms with Crippen LogP contribution < -0.4 is 10.5 Å². The monoisotopic (exact) mass is 332 g/mol. The zero-order chi connectivity index (χ0) is 15.5. The number of benzene rings is 1. The Morgan fingerprint density at radius 2 is 2.19 bits per heavy atom. The van der Waals surface area contributed by atoms with Gasteiger partial charge in [0.15, 0.2) is 0 Å². The smallest absolute Gasteiger partial charge is 0.241 e. The number of nitrogens with two attached hydrogens (primary N) is 1. The summed E-state index contributed by atoms with van der Waals surface area (Å²) in [6, 6.07) is 3.61. The fraction of sp³-hybridized carbons (Fsp3) is 0.571. The molecule has 7 heteroatoms. The van der Waals surface area contributed by atoms with Crippen molar-refractivity contribution in [2.24, 2.45) is 5.73 Å². The van der Waals surface area contributed by atoms with Crippen molar-refractivity contribution in [2.75, 3.05) is 6.26 Å². The first-order valence-electron chi connectivity index (χ1n) is 7.00. The first-order valence-corrected chi connectivity index (χ1v) is 9.77. The quantitative estimate of drug-likeness (QED) is 0.867. The molecule has 1 aliphatic carbocycles. The van der Waals surface area contributed by atoms with Gasteiger partial charge in [0.25, 0.3) is 0 Å². The zero-order valence-corrected chi connectivity index (χ0v) is 13.6. The van der Waals surface area contributed by atoms with Crippen molar-refractivity contribution >= 4 is 21.8 Å². The molecular weight excluding hydrogens is 311 g/mol. The summed E-state index contributed by atoms with van der Waals surface area (Å²) in [4.78, 5) is -0.0451. The third-order valence-corrected chi connectivity index (χ3v) is 6.52. The second-order valence-electron chi connectivity index (χ2n) is 5.30. The van der Waals surface area contributed by atoms with Crippen LogP contribution in [0, 0.1) is 5.82 Å². The molecule has 21 heavy (non-hydrogen) atoms. The van der Waals surface area contributed by atoms with E-state index in [2.05, 4.69) is 4.72 Å². The number of sulfonamides is 1. The molecule has 2 atom stereocenters. The molecule has 1 fully saturated rings. The van der Waals surface area contributed by atoms with Crippen molar-refractivity contribution < 1.29 is 12.8 Å². The molecule has 1 aliphatic rings. The van der Waals surface area contributed by atoms with Crippen LogP contribution in [-0.2, 0) is 16.6 Å². The maximum atomic E-state index is 13.4. The molecule has 0 aromatic heterocycles. The highest BCUT2D eigenvalue weighted by atomic mass is 32.2. The van der Waals surface area contributed by atoms with Crippen LogP contribution in [0.2, 0.25) is 0 Å². The lowest BCUT2D eigenvalue weighted by atomic mass is 9.96. The van der Waals surface area contributed by atoms with Crippen molar-refractivity contribution in [3.05, 3.63) is 29.6 Å². The second kappa shape index (κ2) is 7.09. The van der Waals surface area contributed by atoms with E-state index in [9.17, 15) is 12.8 Å². The Morgan fingerprint density at radius 1 is 1.43 bits per heavy atom. The predicted molar refractivity (Wildman–Crippen MR) is 84.2 cm³/mol.